The maximum atomic E-state index is 2.51. The third-order valence-corrected chi connectivity index (χ3v) is 16.2. The number of thiophene rings is 1. The maximum Gasteiger partial charge on any atom is 0.0726 e. The second-order valence-electron chi connectivity index (χ2n) is 18.3. The molecule has 67 heavy (non-hydrogen) atoms. The van der Waals surface area contributed by atoms with Crippen LogP contribution in [0.25, 0.3) is 96.6 Å². The molecule has 1 aromatic heterocycles. The number of anilines is 3. The van der Waals surface area contributed by atoms with Gasteiger partial charge >= 0.3 is 0 Å². The molecule has 1 heterocycles. The highest BCUT2D eigenvalue weighted by Crippen LogP contribution is 2.63. The highest BCUT2D eigenvalue weighted by atomic mass is 32.1. The van der Waals surface area contributed by atoms with Crippen molar-refractivity contribution in [3.63, 3.8) is 0 Å². The Bertz CT molecular complexity index is 4130. The van der Waals surface area contributed by atoms with E-state index in [1.165, 1.54) is 119 Å². The lowest BCUT2D eigenvalue weighted by Gasteiger charge is -2.32. The van der Waals surface area contributed by atoms with E-state index < -0.39 is 5.41 Å². The lowest BCUT2D eigenvalue weighted by Crippen LogP contribution is -2.26. The number of fused-ring (bicyclic) bond motifs is 21. The van der Waals surface area contributed by atoms with Crippen molar-refractivity contribution in [1.29, 1.82) is 0 Å². The van der Waals surface area contributed by atoms with Gasteiger partial charge in [-0.2, -0.15) is 0 Å². The first kappa shape index (κ1) is 37.0. The van der Waals surface area contributed by atoms with Gasteiger partial charge < -0.3 is 4.90 Å². The van der Waals surface area contributed by atoms with E-state index in [1.807, 2.05) is 11.3 Å². The van der Waals surface area contributed by atoms with Gasteiger partial charge in [0.25, 0.3) is 0 Å². The van der Waals surface area contributed by atoms with Crippen molar-refractivity contribution in [3.05, 3.63) is 259 Å². The van der Waals surface area contributed by atoms with E-state index in [9.17, 15) is 0 Å². The Morgan fingerprint density at radius 2 is 0.761 bits per heavy atom. The third-order valence-electron chi connectivity index (χ3n) is 15.0. The molecule has 2 aliphatic carbocycles. The SMILES string of the molecule is c1ccc2c(c1)-c1ccccc1C21c2ccccc2-c2ccc(N(c3ccc(-c4cc5ccccc5c5sc6ccccc6c45)cc3)c3ccc4c5ccccc5c5ccccc5c4c3)cc21. The molecule has 1 nitrogen and oxygen atoms in total. The van der Waals surface area contributed by atoms with Crippen LogP contribution in [0, 0.1) is 0 Å². The van der Waals surface area contributed by atoms with Gasteiger partial charge in [-0.15, -0.1) is 11.3 Å². The second-order valence-corrected chi connectivity index (χ2v) is 19.3. The van der Waals surface area contributed by atoms with Gasteiger partial charge in [-0.25, -0.2) is 0 Å². The van der Waals surface area contributed by atoms with E-state index in [0.29, 0.717) is 0 Å². The molecule has 2 aliphatic rings. The fourth-order valence-electron chi connectivity index (χ4n) is 12.3. The number of rotatable bonds is 4. The first-order chi connectivity index (χ1) is 33.2. The summed E-state index contributed by atoms with van der Waals surface area (Å²) in [5, 5.41) is 12.8. The summed E-state index contributed by atoms with van der Waals surface area (Å²) in [4.78, 5) is 2.49. The van der Waals surface area contributed by atoms with Crippen LogP contribution >= 0.6 is 11.3 Å². The molecule has 0 atom stereocenters. The molecule has 0 bridgehead atoms. The molecule has 0 saturated heterocycles. The van der Waals surface area contributed by atoms with Crippen LogP contribution in [0.2, 0.25) is 0 Å². The Morgan fingerprint density at radius 3 is 1.40 bits per heavy atom. The van der Waals surface area contributed by atoms with Gasteiger partial charge in [0.05, 0.1) is 5.41 Å². The molecule has 2 heteroatoms. The van der Waals surface area contributed by atoms with Crippen LogP contribution < -0.4 is 4.90 Å². The zero-order valence-electron chi connectivity index (χ0n) is 36.4. The Hall–Kier alpha value is -8.30. The highest BCUT2D eigenvalue weighted by Gasteiger charge is 2.51. The normalized spacial score (nSPS) is 13.2. The Balaban J connectivity index is 0.983. The quantitative estimate of drug-likeness (QED) is 0.159. The smallest absolute Gasteiger partial charge is 0.0726 e. The van der Waals surface area contributed by atoms with E-state index in [4.69, 9.17) is 0 Å². The summed E-state index contributed by atoms with van der Waals surface area (Å²) in [5.74, 6) is 0. The number of nitrogens with zero attached hydrogens (tertiary/aromatic N) is 1. The van der Waals surface area contributed by atoms with Crippen molar-refractivity contribution in [2.45, 2.75) is 5.41 Å². The van der Waals surface area contributed by atoms with Crippen LogP contribution in [0.5, 0.6) is 0 Å². The molecular formula is C65H39NS. The molecule has 0 N–H and O–H groups in total. The fraction of sp³-hybridized carbons (Fsp3) is 0.0154. The number of hydrogen-bond acceptors (Lipinski definition) is 2. The van der Waals surface area contributed by atoms with Gasteiger partial charge in [0.2, 0.25) is 0 Å². The molecule has 13 aromatic rings. The number of benzene rings is 12. The molecule has 0 aliphatic heterocycles. The molecule has 0 radical (unpaired) electrons. The molecule has 0 saturated carbocycles. The molecule has 0 unspecified atom stereocenters. The lowest BCUT2D eigenvalue weighted by molar-refractivity contribution is 0.793. The average Bonchev–Trinajstić information content (AvgIpc) is 4.04. The largest absolute Gasteiger partial charge is 0.310 e. The van der Waals surface area contributed by atoms with Gasteiger partial charge in [0.15, 0.2) is 0 Å². The van der Waals surface area contributed by atoms with Crippen LogP contribution in [-0.2, 0) is 5.41 Å². The van der Waals surface area contributed by atoms with E-state index in [-0.39, 0.29) is 0 Å². The van der Waals surface area contributed by atoms with E-state index in [2.05, 4.69) is 241 Å². The van der Waals surface area contributed by atoms with Crippen LogP contribution in [0.4, 0.5) is 17.1 Å². The van der Waals surface area contributed by atoms with Crippen molar-refractivity contribution < 1.29 is 0 Å². The van der Waals surface area contributed by atoms with E-state index in [0.717, 1.165) is 17.1 Å². The summed E-state index contributed by atoms with van der Waals surface area (Å²) in [6.45, 7) is 0. The van der Waals surface area contributed by atoms with Crippen LogP contribution in [-0.4, -0.2) is 0 Å². The van der Waals surface area contributed by atoms with E-state index >= 15 is 0 Å². The molecule has 1 spiro atoms. The van der Waals surface area contributed by atoms with Crippen LogP contribution in [0.1, 0.15) is 22.3 Å². The first-order valence-corrected chi connectivity index (χ1v) is 24.1. The van der Waals surface area contributed by atoms with Crippen molar-refractivity contribution >= 4 is 91.7 Å². The van der Waals surface area contributed by atoms with Gasteiger partial charge in [-0.1, -0.05) is 188 Å². The average molecular weight is 866 g/mol. The predicted molar refractivity (Wildman–Crippen MR) is 286 cm³/mol. The lowest BCUT2D eigenvalue weighted by atomic mass is 9.70. The Kier molecular flexibility index (Phi) is 7.65. The highest BCUT2D eigenvalue weighted by molar-refractivity contribution is 7.26. The second kappa shape index (κ2) is 13.9. The van der Waals surface area contributed by atoms with Crippen molar-refractivity contribution in [3.8, 4) is 33.4 Å². The molecular weight excluding hydrogens is 827 g/mol. The third kappa shape index (κ3) is 5.03. The molecule has 0 fully saturated rings. The Labute approximate surface area is 392 Å². The van der Waals surface area contributed by atoms with Gasteiger partial charge in [-0.3, -0.25) is 0 Å². The summed E-state index contributed by atoms with van der Waals surface area (Å²) in [7, 11) is 0. The summed E-state index contributed by atoms with van der Waals surface area (Å²) >= 11 is 1.90. The maximum absolute atomic E-state index is 2.51. The van der Waals surface area contributed by atoms with Crippen LogP contribution in [0.15, 0.2) is 237 Å². The monoisotopic (exact) mass is 865 g/mol. The first-order valence-electron chi connectivity index (χ1n) is 23.2. The summed E-state index contributed by atoms with van der Waals surface area (Å²) in [6.07, 6.45) is 0. The molecule has 0 amide bonds. The minimum atomic E-state index is -0.450. The van der Waals surface area contributed by atoms with Crippen LogP contribution in [0.3, 0.4) is 0 Å². The van der Waals surface area contributed by atoms with Crippen molar-refractivity contribution in [2.24, 2.45) is 0 Å². The topological polar surface area (TPSA) is 3.24 Å². The molecule has 310 valence electrons. The fourth-order valence-corrected chi connectivity index (χ4v) is 13.5. The summed E-state index contributed by atoms with van der Waals surface area (Å²) < 4.78 is 2.66. The van der Waals surface area contributed by atoms with Crippen molar-refractivity contribution in [1.82, 2.24) is 0 Å². The summed E-state index contributed by atoms with van der Waals surface area (Å²) in [5.41, 5.74) is 16.0. The zero-order valence-corrected chi connectivity index (χ0v) is 37.2. The molecule has 15 rings (SSSR count). The van der Waals surface area contributed by atoms with Crippen molar-refractivity contribution in [2.75, 3.05) is 4.90 Å². The van der Waals surface area contributed by atoms with E-state index in [1.54, 1.807) is 0 Å². The zero-order chi connectivity index (χ0) is 43.8. The summed E-state index contributed by atoms with van der Waals surface area (Å²) in [6, 6.07) is 88.9. The van der Waals surface area contributed by atoms with Gasteiger partial charge in [-0.05, 0) is 147 Å². The standard InChI is InChI=1S/C65H39NS/c1-2-16-45-41(15-1)37-56(63-55-24-10-14-28-62(55)67-64(45)63)40-29-31-42(32-30-40)66(43-33-35-50-48-19-4-3-17-46(48)47-18-5-6-20-49(47)57(50)38-43)44-34-36-54-53-23-9-13-27-60(53)65(61(54)39-44)58-25-11-7-21-51(58)52-22-8-12-26-59(52)65/h1-39H. The molecule has 12 aromatic carbocycles. The minimum absolute atomic E-state index is 0.450. The predicted octanol–water partition coefficient (Wildman–Crippen LogP) is 18.1. The van der Waals surface area contributed by atoms with Gasteiger partial charge in [0, 0.05) is 37.2 Å². The number of hydrogen-bond donors (Lipinski definition) is 0. The Morgan fingerprint density at radius 1 is 0.299 bits per heavy atom. The van der Waals surface area contributed by atoms with Gasteiger partial charge in [0.1, 0.15) is 0 Å². The minimum Gasteiger partial charge on any atom is -0.310 e.